The molecule has 0 spiro atoms. The second kappa shape index (κ2) is 5.84. The van der Waals surface area contributed by atoms with Gasteiger partial charge in [0.1, 0.15) is 4.90 Å². The minimum Gasteiger partial charge on any atom is -0.487 e. The molecule has 1 aromatic carbocycles. The van der Waals surface area contributed by atoms with E-state index in [1.165, 1.54) is 0 Å². The van der Waals surface area contributed by atoms with E-state index in [1.807, 2.05) is 13.8 Å². The van der Waals surface area contributed by atoms with Gasteiger partial charge >= 0.3 is 0 Å². The Balaban J connectivity index is 3.16. The molecule has 0 aliphatic rings. The van der Waals surface area contributed by atoms with Crippen molar-refractivity contribution in [2.45, 2.75) is 37.7 Å². The fourth-order valence-corrected chi connectivity index (χ4v) is 2.32. The van der Waals surface area contributed by atoms with Crippen molar-refractivity contribution in [3.05, 3.63) is 23.8 Å². The van der Waals surface area contributed by atoms with E-state index in [0.717, 1.165) is 12.1 Å². The van der Waals surface area contributed by atoms with Crippen molar-refractivity contribution in [2.75, 3.05) is 0 Å². The highest BCUT2D eigenvalue weighted by Crippen LogP contribution is 2.28. The normalized spacial score (nSPS) is 11.9. The molecule has 102 valence electrons. The maximum atomic E-state index is 13.6. The third-order valence-electron chi connectivity index (χ3n) is 2.48. The lowest BCUT2D eigenvalue weighted by molar-refractivity contribution is 0.182. The van der Waals surface area contributed by atoms with Crippen LogP contribution in [0, 0.1) is 11.6 Å². The summed E-state index contributed by atoms with van der Waals surface area (Å²) in [4.78, 5) is -0.890. The molecule has 0 saturated carbocycles. The van der Waals surface area contributed by atoms with Gasteiger partial charge in [0, 0.05) is 10.7 Å². The molecule has 3 nitrogen and oxygen atoms in total. The Morgan fingerprint density at radius 2 is 1.78 bits per heavy atom. The van der Waals surface area contributed by atoms with Crippen LogP contribution in [0.2, 0.25) is 0 Å². The van der Waals surface area contributed by atoms with Gasteiger partial charge in [0.2, 0.25) is 5.82 Å². The SMILES string of the molecule is CCC(CC)Oc1ccc(S(=O)(=O)Cl)c(F)c1F. The maximum absolute atomic E-state index is 13.6. The molecule has 0 bridgehead atoms. The molecule has 0 unspecified atom stereocenters. The lowest BCUT2D eigenvalue weighted by Gasteiger charge is -2.16. The Morgan fingerprint density at radius 1 is 1.22 bits per heavy atom. The molecule has 18 heavy (non-hydrogen) atoms. The number of ether oxygens (including phenoxy) is 1. The second-order valence-corrected chi connectivity index (χ2v) is 6.22. The first-order valence-corrected chi connectivity index (χ1v) is 7.71. The lowest BCUT2D eigenvalue weighted by atomic mass is 10.2. The predicted octanol–water partition coefficient (Wildman–Crippen LogP) is 3.46. The molecule has 1 rings (SSSR count). The zero-order valence-corrected chi connectivity index (χ0v) is 11.5. The zero-order valence-electron chi connectivity index (χ0n) is 9.91. The monoisotopic (exact) mass is 298 g/mol. The van der Waals surface area contributed by atoms with Crippen molar-refractivity contribution in [3.8, 4) is 5.75 Å². The topological polar surface area (TPSA) is 43.4 Å². The average Bonchev–Trinajstić information content (AvgIpc) is 2.29. The largest absolute Gasteiger partial charge is 0.487 e. The summed E-state index contributed by atoms with van der Waals surface area (Å²) in [5, 5.41) is 0. The minimum absolute atomic E-state index is 0.252. The fraction of sp³-hybridized carbons (Fsp3) is 0.455. The third kappa shape index (κ3) is 3.32. The molecular formula is C11H13ClF2O3S. The van der Waals surface area contributed by atoms with Gasteiger partial charge in [0.15, 0.2) is 11.6 Å². The molecular weight excluding hydrogens is 286 g/mol. The van der Waals surface area contributed by atoms with E-state index in [-0.39, 0.29) is 11.9 Å². The van der Waals surface area contributed by atoms with Gasteiger partial charge in [-0.3, -0.25) is 0 Å². The Kier molecular flexibility index (Phi) is 4.92. The van der Waals surface area contributed by atoms with Gasteiger partial charge in [-0.05, 0) is 25.0 Å². The van der Waals surface area contributed by atoms with Crippen LogP contribution in [0.4, 0.5) is 8.78 Å². The third-order valence-corrected chi connectivity index (χ3v) is 3.82. The van der Waals surface area contributed by atoms with E-state index < -0.39 is 25.6 Å². The van der Waals surface area contributed by atoms with E-state index >= 15 is 0 Å². The standard InChI is InChI=1S/C11H13ClF2O3S/c1-3-7(4-2)17-8-5-6-9(18(12,15)16)11(14)10(8)13/h5-7H,3-4H2,1-2H3. The summed E-state index contributed by atoms with van der Waals surface area (Å²) < 4.78 is 54.3. The molecule has 0 aliphatic carbocycles. The Morgan fingerprint density at radius 3 is 2.22 bits per heavy atom. The predicted molar refractivity (Wildman–Crippen MR) is 64.4 cm³/mol. The summed E-state index contributed by atoms with van der Waals surface area (Å²) in [7, 11) is 0.663. The van der Waals surface area contributed by atoms with Crippen LogP contribution in [0.15, 0.2) is 17.0 Å². The number of benzene rings is 1. The summed E-state index contributed by atoms with van der Waals surface area (Å²) in [6.45, 7) is 3.69. The van der Waals surface area contributed by atoms with Crippen LogP contribution in [-0.2, 0) is 9.05 Å². The van der Waals surface area contributed by atoms with Crippen LogP contribution in [0.25, 0.3) is 0 Å². The zero-order chi connectivity index (χ0) is 13.9. The summed E-state index contributed by atoms with van der Waals surface area (Å²) in [5.41, 5.74) is 0. The van der Waals surface area contributed by atoms with Gasteiger partial charge in [0.05, 0.1) is 6.10 Å². The van der Waals surface area contributed by atoms with E-state index in [4.69, 9.17) is 15.4 Å². The second-order valence-electron chi connectivity index (χ2n) is 3.68. The molecule has 0 atom stereocenters. The van der Waals surface area contributed by atoms with Crippen molar-refractivity contribution in [1.82, 2.24) is 0 Å². The molecule has 0 fully saturated rings. The smallest absolute Gasteiger partial charge is 0.264 e. The summed E-state index contributed by atoms with van der Waals surface area (Å²) >= 11 is 0. The highest BCUT2D eigenvalue weighted by atomic mass is 35.7. The first-order chi connectivity index (χ1) is 8.31. The molecule has 0 aliphatic heterocycles. The van der Waals surface area contributed by atoms with E-state index in [2.05, 4.69) is 0 Å². The van der Waals surface area contributed by atoms with E-state index in [1.54, 1.807) is 0 Å². The molecule has 1 aromatic rings. The lowest BCUT2D eigenvalue weighted by Crippen LogP contribution is -2.15. The fourth-order valence-electron chi connectivity index (χ4n) is 1.43. The number of rotatable bonds is 5. The van der Waals surface area contributed by atoms with Crippen LogP contribution in [0.5, 0.6) is 5.75 Å². The van der Waals surface area contributed by atoms with E-state index in [9.17, 15) is 17.2 Å². The molecule has 0 radical (unpaired) electrons. The van der Waals surface area contributed by atoms with Crippen LogP contribution in [0.3, 0.4) is 0 Å². The van der Waals surface area contributed by atoms with E-state index in [0.29, 0.717) is 12.8 Å². The van der Waals surface area contributed by atoms with Gasteiger partial charge in [-0.1, -0.05) is 13.8 Å². The van der Waals surface area contributed by atoms with Gasteiger partial charge in [0.25, 0.3) is 9.05 Å². The van der Waals surface area contributed by atoms with Crippen LogP contribution in [0.1, 0.15) is 26.7 Å². The van der Waals surface area contributed by atoms with Crippen molar-refractivity contribution >= 4 is 19.7 Å². The maximum Gasteiger partial charge on any atom is 0.264 e. The van der Waals surface area contributed by atoms with Crippen molar-refractivity contribution in [2.24, 2.45) is 0 Å². The summed E-state index contributed by atoms with van der Waals surface area (Å²) in [6.07, 6.45) is 1.01. The average molecular weight is 299 g/mol. The molecule has 0 saturated heterocycles. The van der Waals surface area contributed by atoms with Crippen molar-refractivity contribution in [3.63, 3.8) is 0 Å². The highest BCUT2D eigenvalue weighted by molar-refractivity contribution is 8.13. The number of hydrogen-bond donors (Lipinski definition) is 0. The summed E-state index contributed by atoms with van der Waals surface area (Å²) in [5.74, 6) is -3.18. The quantitative estimate of drug-likeness (QED) is 0.782. The van der Waals surface area contributed by atoms with Gasteiger partial charge in [-0.2, -0.15) is 4.39 Å². The molecule has 0 aromatic heterocycles. The molecule has 0 amide bonds. The van der Waals surface area contributed by atoms with Gasteiger partial charge in [-0.25, -0.2) is 12.8 Å². The first kappa shape index (κ1) is 15.2. The number of hydrogen-bond acceptors (Lipinski definition) is 3. The van der Waals surface area contributed by atoms with Crippen LogP contribution in [-0.4, -0.2) is 14.5 Å². The Bertz CT molecular complexity index is 527. The van der Waals surface area contributed by atoms with Crippen LogP contribution < -0.4 is 4.74 Å². The Labute approximate surface area is 109 Å². The highest BCUT2D eigenvalue weighted by Gasteiger charge is 2.23. The van der Waals surface area contributed by atoms with Crippen molar-refractivity contribution in [1.29, 1.82) is 0 Å². The van der Waals surface area contributed by atoms with Gasteiger partial charge < -0.3 is 4.74 Å². The Hall–Kier alpha value is -0.880. The minimum atomic E-state index is -4.31. The number of halogens is 3. The summed E-state index contributed by atoms with van der Waals surface area (Å²) in [6, 6.07) is 1.95. The molecule has 0 N–H and O–H groups in total. The van der Waals surface area contributed by atoms with Gasteiger partial charge in [-0.15, -0.1) is 0 Å². The van der Waals surface area contributed by atoms with Crippen molar-refractivity contribution < 1.29 is 21.9 Å². The molecule has 0 heterocycles. The van der Waals surface area contributed by atoms with Crippen LogP contribution >= 0.6 is 10.7 Å². The molecule has 7 heteroatoms. The first-order valence-electron chi connectivity index (χ1n) is 5.40.